The molecule has 0 aliphatic carbocycles. The number of aryl methyl sites for hydroxylation is 1. The van der Waals surface area contributed by atoms with Crippen LogP contribution in [0.25, 0.3) is 10.1 Å². The Morgan fingerprint density at radius 3 is 2.87 bits per heavy atom. The number of thiophene rings is 1. The third kappa shape index (κ3) is 3.77. The smallest absolute Gasteiger partial charge is 0.264 e. The van der Waals surface area contributed by atoms with Gasteiger partial charge in [-0.15, -0.1) is 11.3 Å². The molecule has 1 aromatic carbocycles. The van der Waals surface area contributed by atoms with E-state index in [-0.39, 0.29) is 5.91 Å². The van der Waals surface area contributed by atoms with E-state index in [1.54, 1.807) is 11.3 Å². The van der Waals surface area contributed by atoms with E-state index < -0.39 is 0 Å². The molecule has 2 fully saturated rings. The van der Waals surface area contributed by atoms with Gasteiger partial charge in [-0.3, -0.25) is 14.4 Å². The number of morpholine rings is 1. The molecule has 30 heavy (non-hydrogen) atoms. The predicted molar refractivity (Wildman–Crippen MR) is 119 cm³/mol. The van der Waals surface area contributed by atoms with Crippen LogP contribution in [0.15, 0.2) is 36.7 Å². The van der Waals surface area contributed by atoms with Crippen molar-refractivity contribution in [3.8, 4) is 0 Å². The van der Waals surface area contributed by atoms with Gasteiger partial charge in [-0.25, -0.2) is 0 Å². The van der Waals surface area contributed by atoms with E-state index in [1.165, 1.54) is 21.2 Å². The number of ether oxygens (including phenoxy) is 1. The number of carbonyl (C=O) groups excluding carboxylic acids is 1. The number of aromatic nitrogens is 2. The van der Waals surface area contributed by atoms with E-state index >= 15 is 0 Å². The summed E-state index contributed by atoms with van der Waals surface area (Å²) in [6, 6.07) is 8.49. The Balaban J connectivity index is 1.41. The van der Waals surface area contributed by atoms with Gasteiger partial charge in [0.15, 0.2) is 0 Å². The van der Waals surface area contributed by atoms with Crippen LogP contribution in [0.3, 0.4) is 0 Å². The molecule has 158 valence electrons. The van der Waals surface area contributed by atoms with Gasteiger partial charge in [-0.2, -0.15) is 5.10 Å². The number of carbonyl (C=O) groups is 1. The lowest BCUT2D eigenvalue weighted by Gasteiger charge is -2.27. The number of likely N-dealkylation sites (tertiary alicyclic amines) is 1. The molecule has 2 saturated heterocycles. The minimum atomic E-state index is 0.178. The summed E-state index contributed by atoms with van der Waals surface area (Å²) >= 11 is 1.66. The van der Waals surface area contributed by atoms with Crippen LogP contribution in [0, 0.1) is 0 Å². The lowest BCUT2D eigenvalue weighted by atomic mass is 9.94. The molecule has 5 rings (SSSR count). The first-order valence-electron chi connectivity index (χ1n) is 10.8. The molecule has 0 saturated carbocycles. The summed E-state index contributed by atoms with van der Waals surface area (Å²) in [5.74, 6) is 0.569. The Labute approximate surface area is 181 Å². The molecule has 0 unspecified atom stereocenters. The van der Waals surface area contributed by atoms with Gasteiger partial charge >= 0.3 is 0 Å². The molecular formula is C23H28N4O2S. The van der Waals surface area contributed by atoms with Crippen molar-refractivity contribution < 1.29 is 9.53 Å². The third-order valence-electron chi connectivity index (χ3n) is 6.22. The topological polar surface area (TPSA) is 50.6 Å². The average Bonchev–Trinajstić information content (AvgIpc) is 3.52. The number of fused-ring (bicyclic) bond motifs is 1. The highest BCUT2D eigenvalue weighted by atomic mass is 32.1. The molecule has 0 bridgehead atoms. The van der Waals surface area contributed by atoms with Crippen LogP contribution in [0.2, 0.25) is 0 Å². The van der Waals surface area contributed by atoms with E-state index in [9.17, 15) is 4.79 Å². The monoisotopic (exact) mass is 424 g/mol. The Morgan fingerprint density at radius 1 is 1.23 bits per heavy atom. The maximum atomic E-state index is 13.4. The second-order valence-corrected chi connectivity index (χ2v) is 9.22. The number of benzene rings is 1. The number of rotatable bonds is 5. The molecule has 2 aliphatic rings. The molecular weight excluding hydrogens is 396 g/mol. The minimum Gasteiger partial charge on any atom is -0.378 e. The van der Waals surface area contributed by atoms with Crippen LogP contribution in [0.1, 0.15) is 40.1 Å². The quantitative estimate of drug-likeness (QED) is 0.628. The lowest BCUT2D eigenvalue weighted by Crippen LogP contribution is -2.40. The Hall–Kier alpha value is -2.22. The van der Waals surface area contributed by atoms with Gasteiger partial charge in [-0.1, -0.05) is 18.2 Å². The first kappa shape index (κ1) is 19.7. The summed E-state index contributed by atoms with van der Waals surface area (Å²) in [4.78, 5) is 18.8. The minimum absolute atomic E-state index is 0.178. The molecule has 2 aromatic heterocycles. The molecule has 1 amide bonds. The maximum Gasteiger partial charge on any atom is 0.264 e. The van der Waals surface area contributed by atoms with Gasteiger partial charge in [0.2, 0.25) is 0 Å². The summed E-state index contributed by atoms with van der Waals surface area (Å²) in [5, 5.41) is 5.66. The fourth-order valence-electron chi connectivity index (χ4n) is 4.67. The van der Waals surface area contributed by atoms with Gasteiger partial charge in [-0.05, 0) is 36.9 Å². The SMILES string of the molecule is CCn1cc(CN2CC[C@H](c3c(C(=O)N4CCOCC4)sc4ccccc34)C2)cn1. The van der Waals surface area contributed by atoms with Crippen LogP contribution in [-0.4, -0.2) is 64.9 Å². The van der Waals surface area contributed by atoms with Crippen molar-refractivity contribution in [2.75, 3.05) is 39.4 Å². The average molecular weight is 425 g/mol. The summed E-state index contributed by atoms with van der Waals surface area (Å²) in [6.07, 6.45) is 5.21. The van der Waals surface area contributed by atoms with E-state index in [2.05, 4.69) is 47.4 Å². The van der Waals surface area contributed by atoms with Crippen molar-refractivity contribution >= 4 is 27.3 Å². The fraction of sp³-hybridized carbons (Fsp3) is 0.478. The molecule has 0 N–H and O–H groups in total. The molecule has 2 aliphatic heterocycles. The fourth-order valence-corrected chi connectivity index (χ4v) is 5.93. The van der Waals surface area contributed by atoms with Crippen LogP contribution in [-0.2, 0) is 17.8 Å². The van der Waals surface area contributed by atoms with Gasteiger partial charge < -0.3 is 9.64 Å². The van der Waals surface area contributed by atoms with Crippen molar-refractivity contribution in [2.24, 2.45) is 0 Å². The Kier molecular flexibility index (Phi) is 5.58. The van der Waals surface area contributed by atoms with E-state index in [1.807, 2.05) is 15.8 Å². The first-order valence-corrected chi connectivity index (χ1v) is 11.7. The Morgan fingerprint density at radius 2 is 2.07 bits per heavy atom. The van der Waals surface area contributed by atoms with E-state index in [4.69, 9.17) is 4.74 Å². The van der Waals surface area contributed by atoms with Gasteiger partial charge in [0.05, 0.1) is 24.3 Å². The van der Waals surface area contributed by atoms with Crippen LogP contribution in [0.5, 0.6) is 0 Å². The zero-order valence-corrected chi connectivity index (χ0v) is 18.2. The van der Waals surface area contributed by atoms with E-state index in [0.717, 1.165) is 37.5 Å². The molecule has 3 aromatic rings. The number of hydrogen-bond acceptors (Lipinski definition) is 5. The lowest BCUT2D eigenvalue weighted by molar-refractivity contribution is 0.0305. The van der Waals surface area contributed by atoms with Crippen molar-refractivity contribution in [3.05, 3.63) is 52.7 Å². The zero-order chi connectivity index (χ0) is 20.5. The standard InChI is InChI=1S/C23H28N4O2S/c1-2-27-15-17(13-24-27)14-25-8-7-18(16-25)21-19-5-3-4-6-20(19)30-22(21)23(28)26-9-11-29-12-10-26/h3-6,13,15,18H,2,7-12,14,16H2,1H3/t18-/m0/s1. The molecule has 1 atom stereocenters. The van der Waals surface area contributed by atoms with Gasteiger partial charge in [0.25, 0.3) is 5.91 Å². The summed E-state index contributed by atoms with van der Waals surface area (Å²) in [5.41, 5.74) is 2.52. The predicted octanol–water partition coefficient (Wildman–Crippen LogP) is 3.58. The highest BCUT2D eigenvalue weighted by molar-refractivity contribution is 7.21. The molecule has 4 heterocycles. The normalized spacial score (nSPS) is 20.3. The molecule has 0 spiro atoms. The molecule has 0 radical (unpaired) electrons. The number of nitrogens with zero attached hydrogens (tertiary/aromatic N) is 4. The van der Waals surface area contributed by atoms with Crippen LogP contribution >= 0.6 is 11.3 Å². The van der Waals surface area contributed by atoms with E-state index in [0.29, 0.717) is 32.2 Å². The van der Waals surface area contributed by atoms with Crippen molar-refractivity contribution in [3.63, 3.8) is 0 Å². The number of amides is 1. The van der Waals surface area contributed by atoms with Crippen molar-refractivity contribution in [1.29, 1.82) is 0 Å². The molecule has 6 nitrogen and oxygen atoms in total. The number of hydrogen-bond donors (Lipinski definition) is 0. The molecule has 7 heteroatoms. The summed E-state index contributed by atoms with van der Waals surface area (Å²) in [7, 11) is 0. The summed E-state index contributed by atoms with van der Waals surface area (Å²) in [6.45, 7) is 8.61. The van der Waals surface area contributed by atoms with Gasteiger partial charge in [0, 0.05) is 55.1 Å². The second-order valence-electron chi connectivity index (χ2n) is 8.17. The highest BCUT2D eigenvalue weighted by Gasteiger charge is 2.32. The largest absolute Gasteiger partial charge is 0.378 e. The second kappa shape index (κ2) is 8.49. The zero-order valence-electron chi connectivity index (χ0n) is 17.4. The third-order valence-corrected chi connectivity index (χ3v) is 7.40. The van der Waals surface area contributed by atoms with Crippen LogP contribution in [0.4, 0.5) is 0 Å². The summed E-state index contributed by atoms with van der Waals surface area (Å²) < 4.78 is 8.65. The van der Waals surface area contributed by atoms with Crippen molar-refractivity contribution in [2.45, 2.75) is 32.4 Å². The Bertz CT molecular complexity index is 1040. The van der Waals surface area contributed by atoms with Crippen molar-refractivity contribution in [1.82, 2.24) is 19.6 Å². The van der Waals surface area contributed by atoms with Crippen LogP contribution < -0.4 is 0 Å². The maximum absolute atomic E-state index is 13.4. The first-order chi connectivity index (χ1) is 14.7. The highest BCUT2D eigenvalue weighted by Crippen LogP contribution is 2.41. The van der Waals surface area contributed by atoms with Gasteiger partial charge in [0.1, 0.15) is 0 Å².